The Bertz CT molecular complexity index is 3240. The lowest BCUT2D eigenvalue weighted by Gasteiger charge is -2.48. The summed E-state index contributed by atoms with van der Waals surface area (Å²) in [4.78, 5) is 74.2. The maximum absolute atomic E-state index is 13.9. The van der Waals surface area contributed by atoms with Gasteiger partial charge in [0.25, 0.3) is 5.91 Å². The molecule has 2 aromatic heterocycles. The Morgan fingerprint density at radius 1 is 0.603 bits per heavy atom. The van der Waals surface area contributed by atoms with Crippen molar-refractivity contribution >= 4 is 45.6 Å². The number of azide groups is 4. The zero-order valence-electron chi connectivity index (χ0n) is 42.0. The standard InChI is InChI=1S/C53H54N16O9/c54-66-61-31-42-47(76-51(72)33-20-10-6-11-21-33)48(77-52(73)34-22-12-7-13-23-34)44(65-69-57)53(74-42)78-46-39(64-68-56)29-38(63-67-55)45(75-50(71)32-18-8-5-9-19-32)43(46)58-26-16-3-1-2-4-17-27-59-49(70)40-28-36-35-24-14-15-25-37(35)62-41(36)30-60-40/h5-15,18-25,28,30,38-39,42-48,53,58,62H,1-4,16-17,26-27,29,31H2,(H,59,70)/t38-,39+,42-,43+,44-,45+,46-,47-,48-,53-/m1/s1. The predicted octanol–water partition coefficient (Wildman–Crippen LogP) is 10.3. The Labute approximate surface area is 445 Å². The van der Waals surface area contributed by atoms with E-state index in [-0.39, 0.29) is 35.6 Å². The summed E-state index contributed by atoms with van der Waals surface area (Å²) in [6.45, 7) is 0.231. The van der Waals surface area contributed by atoms with Crippen LogP contribution in [0.5, 0.6) is 0 Å². The number of pyridine rings is 1. The van der Waals surface area contributed by atoms with Gasteiger partial charge in [0.2, 0.25) is 0 Å². The van der Waals surface area contributed by atoms with Crippen molar-refractivity contribution < 1.29 is 42.9 Å². The number of unbranched alkanes of at least 4 members (excludes halogenated alkanes) is 5. The highest BCUT2D eigenvalue weighted by Crippen LogP contribution is 2.37. The highest BCUT2D eigenvalue weighted by atomic mass is 16.7. The van der Waals surface area contributed by atoms with E-state index in [0.29, 0.717) is 18.7 Å². The Hall–Kier alpha value is -9.17. The van der Waals surface area contributed by atoms with Crippen molar-refractivity contribution in [3.63, 3.8) is 0 Å². The smallest absolute Gasteiger partial charge is 0.338 e. The van der Waals surface area contributed by atoms with Crippen LogP contribution in [0.4, 0.5) is 0 Å². The van der Waals surface area contributed by atoms with Crippen molar-refractivity contribution in [3.8, 4) is 0 Å². The number of aromatic amines is 1. The molecular weight excluding hydrogens is 1000 g/mol. The van der Waals surface area contributed by atoms with Crippen LogP contribution in [-0.4, -0.2) is 114 Å². The number of hydrogen-bond donors (Lipinski definition) is 3. The number of nitrogens with zero attached hydrogens (tertiary/aromatic N) is 13. The van der Waals surface area contributed by atoms with Crippen LogP contribution >= 0.6 is 0 Å². The molecule has 3 heterocycles. The molecule has 3 N–H and O–H groups in total. The molecule has 8 rings (SSSR count). The molecule has 25 nitrogen and oxygen atoms in total. The molecule has 0 bridgehead atoms. The van der Waals surface area contributed by atoms with Gasteiger partial charge in [-0.2, -0.15) is 0 Å². The minimum atomic E-state index is -1.73. The van der Waals surface area contributed by atoms with Gasteiger partial charge in [0, 0.05) is 42.5 Å². The largest absolute Gasteiger partial charge is 0.457 e. The number of aromatic nitrogens is 2. The summed E-state index contributed by atoms with van der Waals surface area (Å²) in [5.74, 6) is -2.80. The van der Waals surface area contributed by atoms with Gasteiger partial charge in [-0.15, -0.1) is 0 Å². The van der Waals surface area contributed by atoms with E-state index < -0.39 is 85.4 Å². The number of hydrogen-bond acceptors (Lipinski definition) is 15. The third-order valence-corrected chi connectivity index (χ3v) is 13.4. The number of ether oxygens (including phenoxy) is 5. The van der Waals surface area contributed by atoms with Gasteiger partial charge in [-0.1, -0.05) is 119 Å². The monoisotopic (exact) mass is 1060 g/mol. The van der Waals surface area contributed by atoms with E-state index in [0.717, 1.165) is 53.9 Å². The number of para-hydroxylation sites is 1. The second kappa shape index (κ2) is 27.6. The van der Waals surface area contributed by atoms with Crippen LogP contribution in [0.2, 0.25) is 0 Å². The quantitative estimate of drug-likeness (QED) is 0.0128. The molecule has 1 saturated heterocycles. The molecule has 0 unspecified atom stereocenters. The fourth-order valence-electron chi connectivity index (χ4n) is 9.67. The Balaban J connectivity index is 1.00. The zero-order chi connectivity index (χ0) is 54.6. The van der Waals surface area contributed by atoms with Crippen molar-refractivity contribution in [2.45, 2.75) is 106 Å². The van der Waals surface area contributed by atoms with Crippen molar-refractivity contribution in [3.05, 3.63) is 192 Å². The van der Waals surface area contributed by atoms with Crippen LogP contribution in [0.1, 0.15) is 86.5 Å². The molecule has 10 atom stereocenters. The number of fused-ring (bicyclic) bond motifs is 3. The van der Waals surface area contributed by atoms with Gasteiger partial charge < -0.3 is 39.3 Å². The molecule has 6 aromatic rings. The van der Waals surface area contributed by atoms with Crippen LogP contribution in [0.3, 0.4) is 0 Å². The number of carbonyl (C=O) groups excluding carboxylic acids is 4. The molecule has 1 aliphatic heterocycles. The molecular formula is C53H54N16O9. The third-order valence-electron chi connectivity index (χ3n) is 13.4. The molecule has 1 saturated carbocycles. The first-order chi connectivity index (χ1) is 38.2. The van der Waals surface area contributed by atoms with E-state index in [1.807, 2.05) is 24.3 Å². The third kappa shape index (κ3) is 13.8. The van der Waals surface area contributed by atoms with Crippen LogP contribution < -0.4 is 10.6 Å². The van der Waals surface area contributed by atoms with Gasteiger partial charge in [-0.05, 0) is 96.5 Å². The second-order valence-electron chi connectivity index (χ2n) is 18.4. The minimum absolute atomic E-state index is 0.0887. The number of nitrogens with one attached hydrogen (secondary N) is 3. The van der Waals surface area contributed by atoms with E-state index in [1.165, 1.54) is 24.3 Å². The van der Waals surface area contributed by atoms with Gasteiger partial charge in [-0.25, -0.2) is 19.4 Å². The van der Waals surface area contributed by atoms with Gasteiger partial charge in [0.15, 0.2) is 18.5 Å². The maximum atomic E-state index is 13.9. The van der Waals surface area contributed by atoms with E-state index in [9.17, 15) is 41.3 Å². The maximum Gasteiger partial charge on any atom is 0.338 e. The molecule has 0 spiro atoms. The Morgan fingerprint density at radius 3 is 1.74 bits per heavy atom. The lowest BCUT2D eigenvalue weighted by molar-refractivity contribution is -0.278. The van der Waals surface area contributed by atoms with Crippen molar-refractivity contribution in [2.75, 3.05) is 19.6 Å². The number of amides is 1. The molecule has 1 amide bonds. The number of H-pyrrole nitrogens is 1. The topological polar surface area (TPSA) is 362 Å². The number of carbonyl (C=O) groups is 4. The number of benzene rings is 4. The normalized spacial score (nSPS) is 22.5. The lowest BCUT2D eigenvalue weighted by atomic mass is 9.82. The summed E-state index contributed by atoms with van der Waals surface area (Å²) in [6.07, 6.45) is -2.94. The number of rotatable bonds is 24. The zero-order valence-corrected chi connectivity index (χ0v) is 42.0. The molecule has 400 valence electrons. The lowest BCUT2D eigenvalue weighted by Crippen LogP contribution is -2.66. The summed E-state index contributed by atoms with van der Waals surface area (Å²) in [7, 11) is 0. The van der Waals surface area contributed by atoms with Crippen LogP contribution in [0.25, 0.3) is 63.6 Å². The van der Waals surface area contributed by atoms with Gasteiger partial charge in [0.05, 0.1) is 59.2 Å². The van der Waals surface area contributed by atoms with E-state index in [4.69, 9.17) is 23.7 Å². The molecule has 1 aliphatic carbocycles. The Kier molecular flexibility index (Phi) is 19.5. The number of esters is 3. The average molecular weight is 1060 g/mol. The molecule has 2 fully saturated rings. The van der Waals surface area contributed by atoms with Crippen LogP contribution in [0, 0.1) is 0 Å². The SMILES string of the molecule is [N-]=[N+]=NC[C@H]1O[C@H](O[C@H]2[C@@H](NCCCCCCCCNC(=O)c3cc4c(cn3)[nH]c3ccccc34)[C@@H](OC(=O)c3ccccc3)[C@H](N=[N+]=[N-])C[C@@H]2N=[N+]=[N-])[C@H](N=[N+]=[N-])[C@@H](OC(=O)c2ccccc2)[C@@H]1OC(=O)c1ccccc1. The Morgan fingerprint density at radius 2 is 1.14 bits per heavy atom. The van der Waals surface area contributed by atoms with Crippen molar-refractivity contribution in [1.82, 2.24) is 20.6 Å². The second-order valence-corrected chi connectivity index (χ2v) is 18.4. The fraction of sp³-hybridized carbons (Fsp3) is 0.377. The summed E-state index contributed by atoms with van der Waals surface area (Å²) < 4.78 is 31.4. The summed E-state index contributed by atoms with van der Waals surface area (Å²) in [5, 5.41) is 24.0. The molecule has 25 heteroatoms. The van der Waals surface area contributed by atoms with Gasteiger partial charge >= 0.3 is 17.9 Å². The predicted molar refractivity (Wildman–Crippen MR) is 283 cm³/mol. The van der Waals surface area contributed by atoms with E-state index >= 15 is 0 Å². The molecule has 0 radical (unpaired) electrons. The molecule has 4 aromatic carbocycles. The van der Waals surface area contributed by atoms with Gasteiger partial charge in [0.1, 0.15) is 23.9 Å². The average Bonchev–Trinajstić information content (AvgIpc) is 3.85. The molecule has 2 aliphatic rings. The van der Waals surface area contributed by atoms with Gasteiger partial charge in [-0.3, -0.25) is 4.79 Å². The first kappa shape index (κ1) is 55.1. The van der Waals surface area contributed by atoms with Crippen LogP contribution in [-0.2, 0) is 23.7 Å². The van der Waals surface area contributed by atoms with Crippen molar-refractivity contribution in [2.24, 2.45) is 20.5 Å². The minimum Gasteiger partial charge on any atom is -0.457 e. The molecule has 78 heavy (non-hydrogen) atoms. The summed E-state index contributed by atoms with van der Waals surface area (Å²) in [5.41, 5.74) is 41.9. The van der Waals surface area contributed by atoms with Crippen LogP contribution in [0.15, 0.2) is 148 Å². The van der Waals surface area contributed by atoms with E-state index in [2.05, 4.69) is 60.7 Å². The van der Waals surface area contributed by atoms with Crippen molar-refractivity contribution in [1.29, 1.82) is 0 Å². The summed E-state index contributed by atoms with van der Waals surface area (Å²) >= 11 is 0. The fourth-order valence-corrected chi connectivity index (χ4v) is 9.67. The first-order valence-corrected chi connectivity index (χ1v) is 25.3. The first-order valence-electron chi connectivity index (χ1n) is 25.3. The highest BCUT2D eigenvalue weighted by Gasteiger charge is 2.54. The summed E-state index contributed by atoms with van der Waals surface area (Å²) in [6, 6.07) is 28.4. The highest BCUT2D eigenvalue weighted by molar-refractivity contribution is 6.09. The van der Waals surface area contributed by atoms with E-state index in [1.54, 1.807) is 79.0 Å².